The van der Waals surface area contributed by atoms with E-state index >= 15 is 0 Å². The molecule has 5 nitrogen and oxygen atoms in total. The van der Waals surface area contributed by atoms with Gasteiger partial charge in [0.05, 0.1) is 0 Å². The van der Waals surface area contributed by atoms with Crippen LogP contribution in [0, 0.1) is 0 Å². The van der Waals surface area contributed by atoms with E-state index in [2.05, 4.69) is 15.5 Å². The quantitative estimate of drug-likeness (QED) is 0.594. The number of aromatic nitrogens is 2. The van der Waals surface area contributed by atoms with Gasteiger partial charge in [0.2, 0.25) is 11.0 Å². The Morgan fingerprint density at radius 3 is 2.52 bits per heavy atom. The second kappa shape index (κ2) is 9.09. The van der Waals surface area contributed by atoms with Crippen LogP contribution in [-0.2, 0) is 11.4 Å². The Labute approximate surface area is 162 Å². The number of amides is 1. The summed E-state index contributed by atoms with van der Waals surface area (Å²) in [5.74, 6) is 0.854. The lowest BCUT2D eigenvalue weighted by molar-refractivity contribution is -0.111. The second-order valence-electron chi connectivity index (χ2n) is 6.27. The van der Waals surface area contributed by atoms with Gasteiger partial charge < -0.3 is 4.74 Å². The number of ether oxygens (including phenoxy) is 1. The van der Waals surface area contributed by atoms with Crippen LogP contribution in [0.5, 0.6) is 5.75 Å². The molecular weight excluding hydrogens is 358 g/mol. The van der Waals surface area contributed by atoms with Crippen molar-refractivity contribution >= 4 is 28.5 Å². The first-order chi connectivity index (χ1) is 13.1. The number of rotatable bonds is 7. The molecule has 27 heavy (non-hydrogen) atoms. The van der Waals surface area contributed by atoms with Crippen LogP contribution in [0.4, 0.5) is 5.13 Å². The Bertz CT molecular complexity index is 903. The zero-order valence-corrected chi connectivity index (χ0v) is 16.1. The molecule has 0 spiro atoms. The predicted octanol–water partition coefficient (Wildman–Crippen LogP) is 4.89. The molecular formula is C21H21N3O2S. The smallest absolute Gasteiger partial charge is 0.250 e. The van der Waals surface area contributed by atoms with Gasteiger partial charge in [-0.2, -0.15) is 0 Å². The fourth-order valence-corrected chi connectivity index (χ4v) is 3.00. The number of anilines is 1. The molecule has 3 rings (SSSR count). The number of hydrogen-bond acceptors (Lipinski definition) is 5. The second-order valence-corrected chi connectivity index (χ2v) is 7.28. The van der Waals surface area contributed by atoms with Crippen molar-refractivity contribution in [1.82, 2.24) is 10.2 Å². The van der Waals surface area contributed by atoms with Gasteiger partial charge in [0, 0.05) is 12.0 Å². The van der Waals surface area contributed by atoms with E-state index in [4.69, 9.17) is 4.74 Å². The number of carbonyl (C=O) groups excluding carboxylic acids is 1. The maximum atomic E-state index is 12.0. The molecule has 1 N–H and O–H groups in total. The lowest BCUT2D eigenvalue weighted by Gasteiger charge is -2.06. The fourth-order valence-electron chi connectivity index (χ4n) is 2.25. The van der Waals surface area contributed by atoms with E-state index in [0.29, 0.717) is 17.7 Å². The van der Waals surface area contributed by atoms with Gasteiger partial charge in [0.25, 0.3) is 0 Å². The van der Waals surface area contributed by atoms with E-state index in [9.17, 15) is 4.79 Å². The largest absolute Gasteiger partial charge is 0.489 e. The highest BCUT2D eigenvalue weighted by molar-refractivity contribution is 7.15. The van der Waals surface area contributed by atoms with Gasteiger partial charge >= 0.3 is 0 Å². The molecule has 6 heteroatoms. The number of nitrogens with zero attached hydrogens (tertiary/aromatic N) is 2. The van der Waals surface area contributed by atoms with Crippen LogP contribution in [-0.4, -0.2) is 16.1 Å². The van der Waals surface area contributed by atoms with Crippen molar-refractivity contribution in [1.29, 1.82) is 0 Å². The summed E-state index contributed by atoms with van der Waals surface area (Å²) in [6, 6.07) is 17.6. The molecule has 2 aromatic carbocycles. The summed E-state index contributed by atoms with van der Waals surface area (Å²) < 4.78 is 5.76. The Balaban J connectivity index is 1.51. The minimum Gasteiger partial charge on any atom is -0.489 e. The van der Waals surface area contributed by atoms with Crippen LogP contribution in [0.15, 0.2) is 60.7 Å². The molecule has 0 saturated carbocycles. The highest BCUT2D eigenvalue weighted by Gasteiger charge is 2.08. The Morgan fingerprint density at radius 1 is 1.11 bits per heavy atom. The van der Waals surface area contributed by atoms with Crippen LogP contribution in [0.1, 0.15) is 35.9 Å². The summed E-state index contributed by atoms with van der Waals surface area (Å²) >= 11 is 1.39. The molecule has 0 unspecified atom stereocenters. The molecule has 3 aromatic rings. The van der Waals surface area contributed by atoms with Crippen LogP contribution >= 0.6 is 11.3 Å². The Morgan fingerprint density at radius 2 is 1.85 bits per heavy atom. The van der Waals surface area contributed by atoms with E-state index in [-0.39, 0.29) is 5.91 Å². The SMILES string of the molecule is CC(C)c1nnc(NC(=O)C=Cc2ccc(OCc3ccccc3)cc2)s1. The molecule has 0 atom stereocenters. The molecule has 1 heterocycles. The maximum absolute atomic E-state index is 12.0. The maximum Gasteiger partial charge on any atom is 0.250 e. The summed E-state index contributed by atoms with van der Waals surface area (Å²) in [4.78, 5) is 12.0. The van der Waals surface area contributed by atoms with E-state index < -0.39 is 0 Å². The Hall–Kier alpha value is -2.99. The molecule has 0 fully saturated rings. The molecule has 1 aromatic heterocycles. The van der Waals surface area contributed by atoms with Crippen LogP contribution < -0.4 is 10.1 Å². The van der Waals surface area contributed by atoms with E-state index in [1.807, 2.05) is 68.4 Å². The lowest BCUT2D eigenvalue weighted by atomic mass is 10.2. The van der Waals surface area contributed by atoms with Crippen molar-refractivity contribution < 1.29 is 9.53 Å². The average molecular weight is 379 g/mol. The van der Waals surface area contributed by atoms with Gasteiger partial charge in [-0.1, -0.05) is 67.6 Å². The summed E-state index contributed by atoms with van der Waals surface area (Å²) in [5, 5.41) is 12.2. The zero-order chi connectivity index (χ0) is 19.1. The normalized spacial score (nSPS) is 11.1. The van der Waals surface area contributed by atoms with Crippen molar-refractivity contribution in [3.8, 4) is 5.75 Å². The minimum absolute atomic E-state index is 0.231. The van der Waals surface area contributed by atoms with Crippen molar-refractivity contribution in [3.63, 3.8) is 0 Å². The highest BCUT2D eigenvalue weighted by Crippen LogP contribution is 2.22. The van der Waals surface area contributed by atoms with Gasteiger partial charge in [-0.15, -0.1) is 10.2 Å². The van der Waals surface area contributed by atoms with E-state index in [0.717, 1.165) is 21.9 Å². The number of benzene rings is 2. The van der Waals surface area contributed by atoms with Crippen LogP contribution in [0.25, 0.3) is 6.08 Å². The third-order valence-electron chi connectivity index (χ3n) is 3.72. The number of hydrogen-bond donors (Lipinski definition) is 1. The molecule has 1 amide bonds. The first kappa shape index (κ1) is 18.8. The van der Waals surface area contributed by atoms with Gasteiger partial charge in [0.1, 0.15) is 17.4 Å². The van der Waals surface area contributed by atoms with Crippen molar-refractivity contribution in [2.24, 2.45) is 0 Å². The molecule has 0 saturated heterocycles. The Kier molecular flexibility index (Phi) is 6.33. The molecule has 138 valence electrons. The topological polar surface area (TPSA) is 64.1 Å². The highest BCUT2D eigenvalue weighted by atomic mass is 32.1. The molecule has 0 aliphatic heterocycles. The number of nitrogens with one attached hydrogen (secondary N) is 1. The standard InChI is InChI=1S/C21H21N3O2S/c1-15(2)20-23-24-21(27-20)22-19(25)13-10-16-8-11-18(12-9-16)26-14-17-6-4-3-5-7-17/h3-13,15H,14H2,1-2H3,(H,22,24,25). The molecule has 0 aliphatic carbocycles. The first-order valence-electron chi connectivity index (χ1n) is 8.69. The fraction of sp³-hybridized carbons (Fsp3) is 0.190. The van der Waals surface area contributed by atoms with Crippen molar-refractivity contribution in [2.75, 3.05) is 5.32 Å². The third kappa shape index (κ3) is 5.76. The zero-order valence-electron chi connectivity index (χ0n) is 15.3. The minimum atomic E-state index is -0.231. The summed E-state index contributed by atoms with van der Waals surface area (Å²) in [6.45, 7) is 4.61. The predicted molar refractivity (Wildman–Crippen MR) is 109 cm³/mol. The van der Waals surface area contributed by atoms with Gasteiger partial charge in [0.15, 0.2) is 0 Å². The van der Waals surface area contributed by atoms with Gasteiger partial charge in [-0.05, 0) is 29.3 Å². The summed E-state index contributed by atoms with van der Waals surface area (Å²) in [6.07, 6.45) is 3.23. The first-order valence-corrected chi connectivity index (χ1v) is 9.51. The summed E-state index contributed by atoms with van der Waals surface area (Å²) in [7, 11) is 0. The monoisotopic (exact) mass is 379 g/mol. The van der Waals surface area contributed by atoms with Crippen molar-refractivity contribution in [3.05, 3.63) is 76.8 Å². The van der Waals surface area contributed by atoms with Gasteiger partial charge in [-0.3, -0.25) is 10.1 Å². The molecule has 0 aliphatic rings. The summed E-state index contributed by atoms with van der Waals surface area (Å²) in [5.41, 5.74) is 2.03. The third-order valence-corrected chi connectivity index (χ3v) is 4.86. The van der Waals surface area contributed by atoms with Crippen molar-refractivity contribution in [2.45, 2.75) is 26.4 Å². The number of carbonyl (C=O) groups is 1. The lowest BCUT2D eigenvalue weighted by Crippen LogP contribution is -2.07. The average Bonchev–Trinajstić information content (AvgIpc) is 3.15. The molecule has 0 radical (unpaired) electrons. The van der Waals surface area contributed by atoms with E-state index in [1.165, 1.54) is 17.4 Å². The van der Waals surface area contributed by atoms with Crippen LogP contribution in [0.2, 0.25) is 0 Å². The molecule has 0 bridgehead atoms. The van der Waals surface area contributed by atoms with Crippen LogP contribution in [0.3, 0.4) is 0 Å². The van der Waals surface area contributed by atoms with Gasteiger partial charge in [-0.25, -0.2) is 0 Å². The van der Waals surface area contributed by atoms with E-state index in [1.54, 1.807) is 6.08 Å².